The molecule has 112 valence electrons. The summed E-state index contributed by atoms with van der Waals surface area (Å²) in [4.78, 5) is 0. The highest BCUT2D eigenvalue weighted by atomic mass is 35.5. The second-order valence-electron chi connectivity index (χ2n) is 5.04. The third-order valence-electron chi connectivity index (χ3n) is 3.55. The van der Waals surface area contributed by atoms with Gasteiger partial charge in [0, 0.05) is 11.6 Å². The topological polar surface area (TPSA) is 21.3 Å². The normalized spacial score (nSPS) is 12.2. The maximum atomic E-state index is 13.8. The molecule has 2 aromatic rings. The highest BCUT2D eigenvalue weighted by molar-refractivity contribution is 6.30. The Morgan fingerprint density at radius 3 is 2.71 bits per heavy atom. The maximum Gasteiger partial charge on any atom is 0.148 e. The quantitative estimate of drug-likeness (QED) is 0.868. The lowest BCUT2D eigenvalue weighted by Crippen LogP contribution is -2.12. The molecule has 2 nitrogen and oxygen atoms in total. The van der Waals surface area contributed by atoms with Crippen molar-refractivity contribution in [1.82, 2.24) is 5.32 Å². The van der Waals surface area contributed by atoms with Crippen molar-refractivity contribution in [2.24, 2.45) is 0 Å². The number of aryl methyl sites for hydroxylation is 1. The van der Waals surface area contributed by atoms with Crippen LogP contribution in [0.3, 0.4) is 0 Å². The van der Waals surface area contributed by atoms with E-state index in [2.05, 4.69) is 18.3 Å². The highest BCUT2D eigenvalue weighted by Crippen LogP contribution is 2.25. The van der Waals surface area contributed by atoms with Gasteiger partial charge in [-0.15, -0.1) is 0 Å². The number of hydrogen-bond acceptors (Lipinski definition) is 2. The van der Waals surface area contributed by atoms with Crippen molar-refractivity contribution < 1.29 is 9.13 Å². The van der Waals surface area contributed by atoms with Crippen LogP contribution in [0, 0.1) is 12.7 Å². The summed E-state index contributed by atoms with van der Waals surface area (Å²) >= 11 is 5.76. The van der Waals surface area contributed by atoms with Gasteiger partial charge in [0.1, 0.15) is 18.2 Å². The van der Waals surface area contributed by atoms with E-state index in [0.717, 1.165) is 11.3 Å². The van der Waals surface area contributed by atoms with Gasteiger partial charge in [-0.1, -0.05) is 35.9 Å². The number of halogens is 2. The third kappa shape index (κ3) is 3.74. The van der Waals surface area contributed by atoms with Crippen LogP contribution in [-0.2, 0) is 6.61 Å². The van der Waals surface area contributed by atoms with Gasteiger partial charge in [0.2, 0.25) is 0 Å². The molecule has 0 radical (unpaired) electrons. The Balaban J connectivity index is 2.12. The molecule has 0 aliphatic carbocycles. The lowest BCUT2D eigenvalue weighted by Gasteiger charge is -2.15. The predicted molar refractivity (Wildman–Crippen MR) is 84.4 cm³/mol. The average molecular weight is 308 g/mol. The SMILES string of the molecule is CNC(C)c1ccc(OCc2cccc(Cl)c2F)c(C)c1. The van der Waals surface area contributed by atoms with Crippen LogP contribution in [-0.4, -0.2) is 7.05 Å². The predicted octanol–water partition coefficient (Wildman–Crippen LogP) is 4.65. The molecule has 0 amide bonds. The van der Waals surface area contributed by atoms with E-state index in [1.54, 1.807) is 12.1 Å². The largest absolute Gasteiger partial charge is 0.489 e. The van der Waals surface area contributed by atoms with Gasteiger partial charge in [0.15, 0.2) is 0 Å². The molecule has 4 heteroatoms. The van der Waals surface area contributed by atoms with Gasteiger partial charge in [0.05, 0.1) is 5.02 Å². The number of nitrogens with one attached hydrogen (secondary N) is 1. The van der Waals surface area contributed by atoms with Crippen molar-refractivity contribution in [2.45, 2.75) is 26.5 Å². The fourth-order valence-corrected chi connectivity index (χ4v) is 2.28. The summed E-state index contributed by atoms with van der Waals surface area (Å²) in [5, 5.41) is 3.31. The van der Waals surface area contributed by atoms with Crippen molar-refractivity contribution in [1.29, 1.82) is 0 Å². The number of ether oxygens (including phenoxy) is 1. The minimum absolute atomic E-state index is 0.117. The molecule has 21 heavy (non-hydrogen) atoms. The first-order valence-electron chi connectivity index (χ1n) is 6.86. The van der Waals surface area contributed by atoms with Gasteiger partial charge in [-0.2, -0.15) is 0 Å². The van der Waals surface area contributed by atoms with Gasteiger partial charge in [-0.3, -0.25) is 0 Å². The molecule has 1 atom stereocenters. The Morgan fingerprint density at radius 2 is 2.05 bits per heavy atom. The fraction of sp³-hybridized carbons (Fsp3) is 0.294. The molecule has 0 aliphatic rings. The van der Waals surface area contributed by atoms with Crippen molar-refractivity contribution in [3.63, 3.8) is 0 Å². The Hall–Kier alpha value is -1.58. The van der Waals surface area contributed by atoms with Crippen LogP contribution in [0.1, 0.15) is 29.7 Å². The molecule has 0 fully saturated rings. The van der Waals surface area contributed by atoms with Gasteiger partial charge in [-0.05, 0) is 44.2 Å². The highest BCUT2D eigenvalue weighted by Gasteiger charge is 2.09. The van der Waals surface area contributed by atoms with E-state index in [1.165, 1.54) is 11.6 Å². The van der Waals surface area contributed by atoms with Crippen LogP contribution in [0.25, 0.3) is 0 Å². The summed E-state index contributed by atoms with van der Waals surface area (Å²) in [6, 6.07) is 11.2. The summed E-state index contributed by atoms with van der Waals surface area (Å²) in [7, 11) is 1.92. The standard InChI is InChI=1S/C17H19ClFNO/c1-11-9-13(12(2)20-3)7-8-16(11)21-10-14-5-4-6-15(18)17(14)19/h4-9,12,20H,10H2,1-3H3. The third-order valence-corrected chi connectivity index (χ3v) is 3.84. The molecule has 0 saturated carbocycles. The number of hydrogen-bond donors (Lipinski definition) is 1. The van der Waals surface area contributed by atoms with Crippen LogP contribution in [0.5, 0.6) is 5.75 Å². The Kier molecular flexibility index (Phi) is 5.21. The molecule has 0 aromatic heterocycles. The zero-order valence-corrected chi connectivity index (χ0v) is 13.2. The second-order valence-corrected chi connectivity index (χ2v) is 5.44. The Labute approximate surface area is 129 Å². The zero-order chi connectivity index (χ0) is 15.4. The van der Waals surface area contributed by atoms with Crippen LogP contribution in [0.4, 0.5) is 4.39 Å². The molecule has 0 saturated heterocycles. The molecule has 0 bridgehead atoms. The summed E-state index contributed by atoms with van der Waals surface area (Å²) in [5.41, 5.74) is 2.67. The zero-order valence-electron chi connectivity index (χ0n) is 12.4. The summed E-state index contributed by atoms with van der Waals surface area (Å²) in [6.45, 7) is 4.24. The average Bonchev–Trinajstić information content (AvgIpc) is 2.49. The van der Waals surface area contributed by atoms with Gasteiger partial charge in [0.25, 0.3) is 0 Å². The smallest absolute Gasteiger partial charge is 0.148 e. The molecule has 0 heterocycles. The summed E-state index contributed by atoms with van der Waals surface area (Å²) < 4.78 is 19.5. The van der Waals surface area contributed by atoms with Gasteiger partial charge < -0.3 is 10.1 Å². The lowest BCUT2D eigenvalue weighted by molar-refractivity contribution is 0.297. The fourth-order valence-electron chi connectivity index (χ4n) is 2.09. The minimum atomic E-state index is -0.419. The summed E-state index contributed by atoms with van der Waals surface area (Å²) in [6.07, 6.45) is 0. The van der Waals surface area contributed by atoms with Crippen molar-refractivity contribution in [3.8, 4) is 5.75 Å². The van der Waals surface area contributed by atoms with Crippen LogP contribution in [0.15, 0.2) is 36.4 Å². The van der Waals surface area contributed by atoms with Crippen LogP contribution in [0.2, 0.25) is 5.02 Å². The molecule has 2 rings (SSSR count). The summed E-state index contributed by atoms with van der Waals surface area (Å²) in [5.74, 6) is 0.332. The van der Waals surface area contributed by atoms with E-state index < -0.39 is 5.82 Å². The Bertz CT molecular complexity index is 630. The minimum Gasteiger partial charge on any atom is -0.489 e. The van der Waals surface area contributed by atoms with Gasteiger partial charge in [-0.25, -0.2) is 4.39 Å². The molecular formula is C17H19ClFNO. The molecule has 2 aromatic carbocycles. The molecule has 0 aliphatic heterocycles. The van der Waals surface area contributed by atoms with E-state index >= 15 is 0 Å². The number of rotatable bonds is 5. The van der Waals surface area contributed by atoms with E-state index in [1.807, 2.05) is 26.1 Å². The first-order chi connectivity index (χ1) is 10.0. The van der Waals surface area contributed by atoms with Crippen molar-refractivity contribution in [3.05, 3.63) is 63.9 Å². The Morgan fingerprint density at radius 1 is 1.29 bits per heavy atom. The van der Waals surface area contributed by atoms with Crippen LogP contribution < -0.4 is 10.1 Å². The first kappa shape index (κ1) is 15.8. The van der Waals surface area contributed by atoms with E-state index in [4.69, 9.17) is 16.3 Å². The first-order valence-corrected chi connectivity index (χ1v) is 7.24. The van der Waals surface area contributed by atoms with E-state index in [-0.39, 0.29) is 17.7 Å². The van der Waals surface area contributed by atoms with Crippen LogP contribution >= 0.6 is 11.6 Å². The molecule has 1 unspecified atom stereocenters. The van der Waals surface area contributed by atoms with Gasteiger partial charge >= 0.3 is 0 Å². The molecule has 1 N–H and O–H groups in total. The van der Waals surface area contributed by atoms with Crippen molar-refractivity contribution >= 4 is 11.6 Å². The van der Waals surface area contributed by atoms with E-state index in [9.17, 15) is 4.39 Å². The maximum absolute atomic E-state index is 13.8. The van der Waals surface area contributed by atoms with Crippen molar-refractivity contribution in [2.75, 3.05) is 7.05 Å². The molecular weight excluding hydrogens is 289 g/mol. The second kappa shape index (κ2) is 6.92. The lowest BCUT2D eigenvalue weighted by atomic mass is 10.1. The molecule has 0 spiro atoms. The number of benzene rings is 2. The monoisotopic (exact) mass is 307 g/mol. The van der Waals surface area contributed by atoms with E-state index in [0.29, 0.717) is 5.56 Å².